The van der Waals surface area contributed by atoms with Gasteiger partial charge in [0.25, 0.3) is 5.91 Å². The second kappa shape index (κ2) is 5.02. The number of Topliss-reactive ketones (excluding diaryl/α,β-unsaturated/α-hetero) is 1. The summed E-state index contributed by atoms with van der Waals surface area (Å²) in [5.74, 6) is -0.602. The lowest BCUT2D eigenvalue weighted by molar-refractivity contribution is -0.149. The van der Waals surface area contributed by atoms with Crippen molar-refractivity contribution in [1.29, 1.82) is 0 Å². The maximum Gasteiger partial charge on any atom is 0.267 e. The third-order valence-electron chi connectivity index (χ3n) is 3.70. The first-order valence-electron chi connectivity index (χ1n) is 6.45. The van der Waals surface area contributed by atoms with Gasteiger partial charge in [-0.2, -0.15) is 0 Å². The van der Waals surface area contributed by atoms with Crippen LogP contribution in [0.4, 0.5) is 0 Å². The molecule has 1 saturated heterocycles. The second-order valence-electron chi connectivity index (χ2n) is 5.04. The normalized spacial score (nSPS) is 23.1. The summed E-state index contributed by atoms with van der Waals surface area (Å²) in [5, 5.41) is 2.59. The highest BCUT2D eigenvalue weighted by atomic mass is 35.5. The van der Waals surface area contributed by atoms with Gasteiger partial charge in [0, 0.05) is 12.4 Å². The molecular formula is C14H13Cl2N3O2. The number of hydrogen-bond donors (Lipinski definition) is 1. The van der Waals surface area contributed by atoms with E-state index in [0.717, 1.165) is 5.39 Å². The monoisotopic (exact) mass is 325 g/mol. The third-order valence-corrected chi connectivity index (χ3v) is 4.55. The molecule has 5 nitrogen and oxygen atoms in total. The van der Waals surface area contributed by atoms with Crippen molar-refractivity contribution in [3.8, 4) is 0 Å². The molecular weight excluding hydrogens is 313 g/mol. The molecule has 2 unspecified atom stereocenters. The van der Waals surface area contributed by atoms with Crippen molar-refractivity contribution >= 4 is 45.8 Å². The fraction of sp³-hybridized carbons (Fsp3) is 0.286. The van der Waals surface area contributed by atoms with Crippen LogP contribution in [0.2, 0.25) is 10.2 Å². The van der Waals surface area contributed by atoms with Gasteiger partial charge in [-0.05, 0) is 13.0 Å². The number of carbonyl (C=O) groups excluding carboxylic acids is 2. The quantitative estimate of drug-likeness (QED) is 0.819. The summed E-state index contributed by atoms with van der Waals surface area (Å²) in [4.78, 5) is 24.9. The largest absolute Gasteiger partial charge is 0.311 e. The Morgan fingerprint density at radius 3 is 2.57 bits per heavy atom. The Balaban J connectivity index is 2.26. The second-order valence-corrected chi connectivity index (χ2v) is 5.78. The predicted octanol–water partition coefficient (Wildman–Crippen LogP) is 2.42. The molecule has 110 valence electrons. The minimum atomic E-state index is -1.00. The van der Waals surface area contributed by atoms with E-state index in [1.165, 1.54) is 9.58 Å². The van der Waals surface area contributed by atoms with E-state index in [4.69, 9.17) is 23.2 Å². The van der Waals surface area contributed by atoms with E-state index in [0.29, 0.717) is 10.5 Å². The molecule has 1 N–H and O–H groups in total. The van der Waals surface area contributed by atoms with Crippen LogP contribution >= 0.6 is 23.2 Å². The SMILES string of the molecule is CC1NN(C)C(=O)C(n2c(Cl)c(Cl)c3ccccc32)C1=O. The lowest BCUT2D eigenvalue weighted by Crippen LogP contribution is -2.59. The molecule has 1 amide bonds. The number of rotatable bonds is 1. The van der Waals surface area contributed by atoms with Crippen molar-refractivity contribution in [2.45, 2.75) is 19.0 Å². The van der Waals surface area contributed by atoms with E-state index in [1.54, 1.807) is 20.0 Å². The molecule has 1 fully saturated rings. The van der Waals surface area contributed by atoms with Gasteiger partial charge in [-0.15, -0.1) is 0 Å². The fourth-order valence-corrected chi connectivity index (χ4v) is 3.18. The van der Waals surface area contributed by atoms with Crippen LogP contribution in [0.1, 0.15) is 13.0 Å². The Bertz CT molecular complexity index is 736. The molecule has 1 aliphatic rings. The van der Waals surface area contributed by atoms with Crippen LogP contribution in [0.3, 0.4) is 0 Å². The number of fused-ring (bicyclic) bond motifs is 1. The fourth-order valence-electron chi connectivity index (χ4n) is 2.64. The Kier molecular flexibility index (Phi) is 3.43. The van der Waals surface area contributed by atoms with E-state index in [2.05, 4.69) is 5.43 Å². The van der Waals surface area contributed by atoms with Crippen molar-refractivity contribution in [3.63, 3.8) is 0 Å². The minimum Gasteiger partial charge on any atom is -0.311 e. The molecule has 0 saturated carbocycles. The summed E-state index contributed by atoms with van der Waals surface area (Å²) in [6.45, 7) is 1.71. The molecule has 0 radical (unpaired) electrons. The molecule has 3 rings (SSSR count). The first-order chi connectivity index (χ1) is 9.93. The number of halogens is 2. The van der Waals surface area contributed by atoms with Gasteiger partial charge in [0.05, 0.1) is 16.6 Å². The lowest BCUT2D eigenvalue weighted by atomic mass is 10.0. The number of para-hydroxylation sites is 1. The van der Waals surface area contributed by atoms with Crippen molar-refractivity contribution in [1.82, 2.24) is 15.0 Å². The maximum atomic E-state index is 12.5. The topological polar surface area (TPSA) is 54.3 Å². The number of benzene rings is 1. The van der Waals surface area contributed by atoms with Crippen LogP contribution in [0.15, 0.2) is 24.3 Å². The number of nitrogens with one attached hydrogen (secondary N) is 1. The molecule has 2 aromatic rings. The molecule has 0 spiro atoms. The lowest BCUT2D eigenvalue weighted by Gasteiger charge is -2.34. The highest BCUT2D eigenvalue weighted by molar-refractivity contribution is 6.45. The molecule has 0 aliphatic carbocycles. The molecule has 21 heavy (non-hydrogen) atoms. The summed E-state index contributed by atoms with van der Waals surface area (Å²) < 4.78 is 1.51. The van der Waals surface area contributed by atoms with Crippen LogP contribution in [0.5, 0.6) is 0 Å². The Labute approximate surface area is 131 Å². The summed E-state index contributed by atoms with van der Waals surface area (Å²) >= 11 is 12.5. The first kappa shape index (κ1) is 14.4. The van der Waals surface area contributed by atoms with Gasteiger partial charge in [0.1, 0.15) is 5.15 Å². The number of hydrogen-bond acceptors (Lipinski definition) is 3. The number of hydrazine groups is 1. The number of carbonyl (C=O) groups is 2. The van der Waals surface area contributed by atoms with E-state index in [9.17, 15) is 9.59 Å². The van der Waals surface area contributed by atoms with Gasteiger partial charge in [-0.3, -0.25) is 14.6 Å². The first-order valence-corrected chi connectivity index (χ1v) is 7.20. The number of ketones is 1. The smallest absolute Gasteiger partial charge is 0.267 e. The number of likely N-dealkylation sites (N-methyl/N-ethyl adjacent to an activating group) is 1. The summed E-state index contributed by atoms with van der Waals surface area (Å²) in [7, 11) is 1.58. The summed E-state index contributed by atoms with van der Waals surface area (Å²) in [6, 6.07) is 5.76. The van der Waals surface area contributed by atoms with Crippen LogP contribution in [-0.4, -0.2) is 34.4 Å². The highest BCUT2D eigenvalue weighted by Gasteiger charge is 2.41. The number of aromatic nitrogens is 1. The van der Waals surface area contributed by atoms with Gasteiger partial charge in [-0.1, -0.05) is 41.4 Å². The van der Waals surface area contributed by atoms with E-state index in [-0.39, 0.29) is 16.8 Å². The van der Waals surface area contributed by atoms with Gasteiger partial charge in [0.2, 0.25) is 0 Å². The Morgan fingerprint density at radius 2 is 1.86 bits per heavy atom. The molecule has 2 atom stereocenters. The van der Waals surface area contributed by atoms with Gasteiger partial charge < -0.3 is 4.57 Å². The van der Waals surface area contributed by atoms with Gasteiger partial charge in [0.15, 0.2) is 11.8 Å². The Morgan fingerprint density at radius 1 is 1.19 bits per heavy atom. The third kappa shape index (κ3) is 2.04. The standard InChI is InChI=1S/C14H13Cl2N3O2/c1-7-12(20)11(14(21)18(2)17-7)19-9-6-4-3-5-8(9)10(15)13(19)16/h3-7,11,17H,1-2H3. The van der Waals surface area contributed by atoms with E-state index in [1.807, 2.05) is 18.2 Å². The average Bonchev–Trinajstić information content (AvgIpc) is 2.71. The maximum absolute atomic E-state index is 12.5. The van der Waals surface area contributed by atoms with Crippen molar-refractivity contribution < 1.29 is 9.59 Å². The predicted molar refractivity (Wildman–Crippen MR) is 81.4 cm³/mol. The van der Waals surface area contributed by atoms with Crippen LogP contribution in [-0.2, 0) is 9.59 Å². The number of nitrogens with zero attached hydrogens (tertiary/aromatic N) is 2. The molecule has 0 bridgehead atoms. The molecule has 7 heteroatoms. The number of amides is 1. The van der Waals surface area contributed by atoms with Crippen molar-refractivity contribution in [3.05, 3.63) is 34.4 Å². The summed E-state index contributed by atoms with van der Waals surface area (Å²) in [6.07, 6.45) is 0. The Hall–Kier alpha value is -1.56. The van der Waals surface area contributed by atoms with Gasteiger partial charge in [-0.25, -0.2) is 5.43 Å². The summed E-state index contributed by atoms with van der Waals surface area (Å²) in [5.41, 5.74) is 3.47. The average molecular weight is 326 g/mol. The molecule has 1 aromatic carbocycles. The van der Waals surface area contributed by atoms with Gasteiger partial charge >= 0.3 is 0 Å². The molecule has 1 aliphatic heterocycles. The van der Waals surface area contributed by atoms with Crippen molar-refractivity contribution in [2.24, 2.45) is 0 Å². The van der Waals surface area contributed by atoms with Crippen LogP contribution in [0, 0.1) is 0 Å². The minimum absolute atomic E-state index is 0.201. The zero-order valence-electron chi connectivity index (χ0n) is 11.4. The van der Waals surface area contributed by atoms with Crippen LogP contribution < -0.4 is 5.43 Å². The zero-order valence-corrected chi connectivity index (χ0v) is 12.9. The van der Waals surface area contributed by atoms with Crippen LogP contribution in [0.25, 0.3) is 10.9 Å². The van der Waals surface area contributed by atoms with E-state index < -0.39 is 12.1 Å². The van der Waals surface area contributed by atoms with E-state index >= 15 is 0 Å². The zero-order chi connectivity index (χ0) is 15.3. The van der Waals surface area contributed by atoms with Crippen molar-refractivity contribution in [2.75, 3.05) is 7.05 Å². The molecule has 2 heterocycles. The molecule has 1 aromatic heterocycles. The highest BCUT2D eigenvalue weighted by Crippen LogP contribution is 2.37.